The third kappa shape index (κ3) is 6.64. The van der Waals surface area contributed by atoms with E-state index in [9.17, 15) is 33.0 Å². The standard InChI is InChI=1S/C28H27ClF3NO4S/c29-22-8-2-1-5-18(22)13-17-14-21(38-16-17)10-11-24(34)25(35)26(36)27(37)33-12-4-9-23(33)19-6-3-7-20(15-19)28(30,31)32/h1-3,5-8,14-16,23,25-26,35-36H,4,9-13H2/t23-,25+,26-/m1/s1. The largest absolute Gasteiger partial charge is 0.416 e. The van der Waals surface area contributed by atoms with Gasteiger partial charge in [-0.3, -0.25) is 9.59 Å². The van der Waals surface area contributed by atoms with Gasteiger partial charge in [0.1, 0.15) is 6.10 Å². The maximum atomic E-state index is 13.1. The van der Waals surface area contributed by atoms with Gasteiger partial charge in [0.15, 0.2) is 11.9 Å². The topological polar surface area (TPSA) is 77.8 Å². The molecule has 1 aliphatic rings. The number of likely N-dealkylation sites (tertiary alicyclic amines) is 1. The highest BCUT2D eigenvalue weighted by molar-refractivity contribution is 7.10. The summed E-state index contributed by atoms with van der Waals surface area (Å²) in [5.74, 6) is -1.55. The number of nitrogens with zero attached hydrogens (tertiary/aromatic N) is 1. The number of benzene rings is 2. The Balaban J connectivity index is 1.34. The average molecular weight is 566 g/mol. The molecule has 0 unspecified atom stereocenters. The Morgan fingerprint density at radius 3 is 2.58 bits per heavy atom. The number of amides is 1. The van der Waals surface area contributed by atoms with E-state index < -0.39 is 41.7 Å². The fraction of sp³-hybridized carbons (Fsp3) is 0.357. The van der Waals surface area contributed by atoms with Crippen molar-refractivity contribution in [2.45, 2.75) is 56.5 Å². The van der Waals surface area contributed by atoms with Crippen LogP contribution in [0.25, 0.3) is 0 Å². The lowest BCUT2D eigenvalue weighted by molar-refractivity contribution is -0.153. The molecule has 1 aliphatic heterocycles. The summed E-state index contributed by atoms with van der Waals surface area (Å²) in [4.78, 5) is 27.7. The Bertz CT molecular complexity index is 1290. The molecular formula is C28H27ClF3NO4S. The van der Waals surface area contributed by atoms with Crippen molar-refractivity contribution in [2.75, 3.05) is 6.54 Å². The normalized spacial score (nSPS) is 17.4. The fourth-order valence-electron chi connectivity index (χ4n) is 4.69. The van der Waals surface area contributed by atoms with Crippen molar-refractivity contribution in [1.82, 2.24) is 4.90 Å². The number of thiophene rings is 1. The highest BCUT2D eigenvalue weighted by atomic mass is 35.5. The summed E-state index contributed by atoms with van der Waals surface area (Å²) in [6, 6.07) is 13.5. The average Bonchev–Trinajstić information content (AvgIpc) is 3.57. The van der Waals surface area contributed by atoms with Crippen molar-refractivity contribution < 1.29 is 33.0 Å². The molecule has 0 bridgehead atoms. The molecule has 10 heteroatoms. The van der Waals surface area contributed by atoms with Crippen molar-refractivity contribution >= 4 is 34.6 Å². The van der Waals surface area contributed by atoms with Crippen LogP contribution in [-0.4, -0.2) is 45.6 Å². The Morgan fingerprint density at radius 1 is 1.08 bits per heavy atom. The van der Waals surface area contributed by atoms with Crippen molar-refractivity contribution in [3.8, 4) is 0 Å². The first-order valence-corrected chi connectivity index (χ1v) is 13.5. The molecule has 0 saturated carbocycles. The van der Waals surface area contributed by atoms with E-state index in [1.807, 2.05) is 35.7 Å². The second-order valence-corrected chi connectivity index (χ2v) is 10.8. The molecule has 1 amide bonds. The lowest BCUT2D eigenvalue weighted by Crippen LogP contribution is -2.47. The molecule has 2 heterocycles. The van der Waals surface area contributed by atoms with Gasteiger partial charge in [-0.15, -0.1) is 11.3 Å². The molecule has 0 radical (unpaired) electrons. The zero-order chi connectivity index (χ0) is 27.4. The van der Waals surface area contributed by atoms with Crippen LogP contribution in [0.3, 0.4) is 0 Å². The van der Waals surface area contributed by atoms with Gasteiger partial charge in [-0.25, -0.2) is 0 Å². The van der Waals surface area contributed by atoms with Crippen LogP contribution in [-0.2, 0) is 28.6 Å². The van der Waals surface area contributed by atoms with Gasteiger partial charge in [-0.1, -0.05) is 41.9 Å². The smallest absolute Gasteiger partial charge is 0.382 e. The van der Waals surface area contributed by atoms with E-state index in [0.717, 1.165) is 28.1 Å². The zero-order valence-corrected chi connectivity index (χ0v) is 21.9. The highest BCUT2D eigenvalue weighted by Crippen LogP contribution is 2.36. The minimum Gasteiger partial charge on any atom is -0.382 e. The maximum absolute atomic E-state index is 13.1. The van der Waals surface area contributed by atoms with Crippen LogP contribution in [0.2, 0.25) is 5.02 Å². The van der Waals surface area contributed by atoms with Gasteiger partial charge >= 0.3 is 6.18 Å². The number of carbonyl (C=O) groups is 2. The number of rotatable bonds is 9. The summed E-state index contributed by atoms with van der Waals surface area (Å²) in [6.45, 7) is 0.209. The van der Waals surface area contributed by atoms with Crippen LogP contribution in [0.5, 0.6) is 0 Å². The predicted octanol–water partition coefficient (Wildman–Crippen LogP) is 5.60. The molecule has 5 nitrogen and oxygen atoms in total. The van der Waals surface area contributed by atoms with Crippen LogP contribution in [0.4, 0.5) is 13.2 Å². The summed E-state index contributed by atoms with van der Waals surface area (Å²) in [7, 11) is 0. The molecule has 2 N–H and O–H groups in total. The van der Waals surface area contributed by atoms with Crippen LogP contribution < -0.4 is 0 Å². The zero-order valence-electron chi connectivity index (χ0n) is 20.3. The second-order valence-electron chi connectivity index (χ2n) is 9.36. The third-order valence-electron chi connectivity index (χ3n) is 6.69. The molecule has 4 rings (SSSR count). The summed E-state index contributed by atoms with van der Waals surface area (Å²) in [6.07, 6.45) is -6.60. The monoisotopic (exact) mass is 565 g/mol. The van der Waals surface area contributed by atoms with E-state index in [1.54, 1.807) is 0 Å². The van der Waals surface area contributed by atoms with Crippen LogP contribution in [0.1, 0.15) is 52.4 Å². The summed E-state index contributed by atoms with van der Waals surface area (Å²) in [5.41, 5.74) is 1.49. The Kier molecular flexibility index (Phi) is 8.92. The van der Waals surface area contributed by atoms with Gasteiger partial charge in [-0.05, 0) is 72.0 Å². The number of ketones is 1. The molecule has 3 aromatic rings. The molecule has 2 aromatic carbocycles. The third-order valence-corrected chi connectivity index (χ3v) is 8.11. The van der Waals surface area contributed by atoms with E-state index in [2.05, 4.69) is 0 Å². The molecule has 38 heavy (non-hydrogen) atoms. The van der Waals surface area contributed by atoms with Crippen LogP contribution in [0, 0.1) is 0 Å². The van der Waals surface area contributed by atoms with E-state index in [4.69, 9.17) is 11.6 Å². The molecule has 1 aromatic heterocycles. The number of aliphatic hydroxyl groups excluding tert-OH is 2. The second kappa shape index (κ2) is 12.0. The van der Waals surface area contributed by atoms with Crippen LogP contribution in [0.15, 0.2) is 60.0 Å². The van der Waals surface area contributed by atoms with Crippen LogP contribution >= 0.6 is 22.9 Å². The predicted molar refractivity (Wildman–Crippen MR) is 139 cm³/mol. The van der Waals surface area contributed by atoms with Crippen molar-refractivity contribution in [1.29, 1.82) is 0 Å². The van der Waals surface area contributed by atoms with E-state index >= 15 is 0 Å². The number of Topliss-reactive ketones (excluding diaryl/α,β-unsaturated/α-hetero) is 1. The molecule has 1 fully saturated rings. The number of hydrogen-bond donors (Lipinski definition) is 2. The molecule has 0 spiro atoms. The van der Waals surface area contributed by atoms with E-state index in [0.29, 0.717) is 36.3 Å². The first-order chi connectivity index (χ1) is 18.0. The minimum atomic E-state index is -4.52. The first kappa shape index (κ1) is 28.3. The summed E-state index contributed by atoms with van der Waals surface area (Å²) in [5, 5.41) is 23.6. The lowest BCUT2D eigenvalue weighted by atomic mass is 10.00. The molecule has 1 saturated heterocycles. The maximum Gasteiger partial charge on any atom is 0.416 e. The van der Waals surface area contributed by atoms with Gasteiger partial charge in [0, 0.05) is 22.9 Å². The Morgan fingerprint density at radius 2 is 1.84 bits per heavy atom. The fourth-order valence-corrected chi connectivity index (χ4v) is 5.78. The molecule has 3 atom stereocenters. The quantitative estimate of drug-likeness (QED) is 0.354. The van der Waals surface area contributed by atoms with E-state index in [1.165, 1.54) is 28.4 Å². The van der Waals surface area contributed by atoms with Gasteiger partial charge < -0.3 is 15.1 Å². The van der Waals surface area contributed by atoms with E-state index in [-0.39, 0.29) is 13.0 Å². The molecule has 202 valence electrons. The van der Waals surface area contributed by atoms with Gasteiger partial charge in [0.2, 0.25) is 0 Å². The van der Waals surface area contributed by atoms with Gasteiger partial charge in [-0.2, -0.15) is 13.2 Å². The van der Waals surface area contributed by atoms with Gasteiger partial charge in [0.25, 0.3) is 5.91 Å². The number of carbonyl (C=O) groups excluding carboxylic acids is 2. The van der Waals surface area contributed by atoms with Gasteiger partial charge in [0.05, 0.1) is 11.6 Å². The number of alkyl halides is 3. The summed E-state index contributed by atoms with van der Waals surface area (Å²) < 4.78 is 39.4. The van der Waals surface area contributed by atoms with Crippen molar-refractivity contribution in [3.05, 3.63) is 92.1 Å². The number of halogens is 4. The number of aryl methyl sites for hydroxylation is 1. The number of hydrogen-bond acceptors (Lipinski definition) is 5. The molecular weight excluding hydrogens is 539 g/mol. The Labute approximate surface area is 227 Å². The lowest BCUT2D eigenvalue weighted by Gasteiger charge is -2.29. The van der Waals surface area contributed by atoms with Crippen molar-refractivity contribution in [3.63, 3.8) is 0 Å². The number of aliphatic hydroxyl groups is 2. The molecule has 0 aliphatic carbocycles. The minimum absolute atomic E-state index is 0.0748. The SMILES string of the molecule is O=C(CCc1cc(Cc2ccccc2Cl)cs1)[C@H](O)[C@@H](O)C(=O)N1CCC[C@@H]1c1cccc(C(F)(F)F)c1. The highest BCUT2D eigenvalue weighted by Gasteiger charge is 2.39. The Hall–Kier alpha value is -2.72. The van der Waals surface area contributed by atoms with Crippen molar-refractivity contribution in [2.24, 2.45) is 0 Å². The first-order valence-electron chi connectivity index (χ1n) is 12.2. The summed E-state index contributed by atoms with van der Waals surface area (Å²) >= 11 is 7.69.